The van der Waals surface area contributed by atoms with E-state index < -0.39 is 28.1 Å². The molecule has 0 amide bonds. The van der Waals surface area contributed by atoms with Crippen LogP contribution in [0.3, 0.4) is 0 Å². The van der Waals surface area contributed by atoms with E-state index in [4.69, 9.17) is 0 Å². The Morgan fingerprint density at radius 2 is 1.92 bits per heavy atom. The zero-order chi connectivity index (χ0) is 19.4. The first-order valence-electron chi connectivity index (χ1n) is 7.82. The third kappa shape index (κ3) is 5.15. The van der Waals surface area contributed by atoms with Crippen molar-refractivity contribution in [3.05, 3.63) is 47.2 Å². The van der Waals surface area contributed by atoms with Crippen molar-refractivity contribution in [3.63, 3.8) is 0 Å². The number of nitrogens with one attached hydrogen (secondary N) is 1. The minimum absolute atomic E-state index is 0.189. The van der Waals surface area contributed by atoms with E-state index in [2.05, 4.69) is 19.4 Å². The minimum atomic E-state index is -4.71. The second kappa shape index (κ2) is 8.00. The molecule has 26 heavy (non-hydrogen) atoms. The van der Waals surface area contributed by atoms with Crippen LogP contribution in [0.4, 0.5) is 13.2 Å². The average molecular weight is 389 g/mol. The number of halogens is 3. The highest BCUT2D eigenvalue weighted by Gasteiger charge is 2.38. The van der Waals surface area contributed by atoms with E-state index in [-0.39, 0.29) is 5.82 Å². The summed E-state index contributed by atoms with van der Waals surface area (Å²) in [6.45, 7) is 3.52. The Balaban J connectivity index is 2.24. The van der Waals surface area contributed by atoms with E-state index in [0.29, 0.717) is 17.5 Å². The number of sulfonamides is 1. The molecule has 1 N–H and O–H groups in total. The van der Waals surface area contributed by atoms with E-state index in [1.54, 1.807) is 19.1 Å². The Labute approximate surface area is 149 Å². The van der Waals surface area contributed by atoms with Crippen molar-refractivity contribution < 1.29 is 26.1 Å². The molecule has 0 saturated carbocycles. The average Bonchev–Trinajstić information content (AvgIpc) is 3.04. The predicted octanol–water partition coefficient (Wildman–Crippen LogP) is 4.05. The molecule has 0 aliphatic heterocycles. The van der Waals surface area contributed by atoms with Gasteiger partial charge in [0.2, 0.25) is 15.8 Å². The zero-order valence-corrected chi connectivity index (χ0v) is 14.9. The summed E-state index contributed by atoms with van der Waals surface area (Å²) < 4.78 is 68.2. The first-order valence-corrected chi connectivity index (χ1v) is 9.37. The highest BCUT2D eigenvalue weighted by Crippen LogP contribution is 2.30. The van der Waals surface area contributed by atoms with Gasteiger partial charge in [0, 0.05) is 17.0 Å². The van der Waals surface area contributed by atoms with Crippen LogP contribution >= 0.6 is 0 Å². The van der Waals surface area contributed by atoms with Crippen molar-refractivity contribution in [2.45, 2.75) is 38.9 Å². The molecule has 0 spiro atoms. The highest BCUT2D eigenvalue weighted by molar-refractivity contribution is 7.92. The lowest BCUT2D eigenvalue weighted by Gasteiger charge is -2.17. The van der Waals surface area contributed by atoms with Gasteiger partial charge in [0.25, 0.3) is 0 Å². The number of hydrogen-bond acceptors (Lipinski definition) is 5. The van der Waals surface area contributed by atoms with Gasteiger partial charge in [-0.1, -0.05) is 48.8 Å². The molecule has 0 aliphatic carbocycles. The number of allylic oxidation sites excluding steroid dienone is 1. The molecule has 10 heteroatoms. The number of benzene rings is 1. The van der Waals surface area contributed by atoms with Gasteiger partial charge in [-0.3, -0.25) is 0 Å². The molecule has 1 heterocycles. The predicted molar refractivity (Wildman–Crippen MR) is 89.3 cm³/mol. The second-order valence-corrected chi connectivity index (χ2v) is 7.11. The lowest BCUT2D eigenvalue weighted by Crippen LogP contribution is -2.26. The van der Waals surface area contributed by atoms with Gasteiger partial charge in [-0.2, -0.15) is 18.2 Å². The molecular formula is C16H18F3N3O3S. The summed E-state index contributed by atoms with van der Waals surface area (Å²) in [6.07, 6.45) is -1.98. The van der Waals surface area contributed by atoms with Crippen LogP contribution in [0.15, 0.2) is 40.3 Å². The Kier molecular flexibility index (Phi) is 6.19. The van der Waals surface area contributed by atoms with Gasteiger partial charge in [-0.05, 0) is 18.9 Å². The molecule has 1 aromatic heterocycles. The summed E-state index contributed by atoms with van der Waals surface area (Å²) in [7, 11) is -3.57. The molecule has 2 aromatic rings. The van der Waals surface area contributed by atoms with E-state index in [1.807, 2.05) is 6.92 Å². The molecule has 0 bridgehead atoms. The molecule has 1 unspecified atom stereocenters. The molecule has 1 aromatic carbocycles. The number of hydrogen-bond donors (Lipinski definition) is 1. The van der Waals surface area contributed by atoms with Crippen LogP contribution in [-0.2, 0) is 16.2 Å². The van der Waals surface area contributed by atoms with Crippen LogP contribution in [0.1, 0.15) is 44.2 Å². The minimum Gasteiger partial charge on any atom is -0.329 e. The highest BCUT2D eigenvalue weighted by atomic mass is 32.2. The molecule has 0 aliphatic rings. The normalized spacial score (nSPS) is 14.0. The second-order valence-electron chi connectivity index (χ2n) is 5.52. The van der Waals surface area contributed by atoms with Crippen LogP contribution in [0.5, 0.6) is 0 Å². The van der Waals surface area contributed by atoms with Gasteiger partial charge < -0.3 is 4.52 Å². The van der Waals surface area contributed by atoms with Gasteiger partial charge in [0.05, 0.1) is 0 Å². The smallest absolute Gasteiger partial charge is 0.329 e. The summed E-state index contributed by atoms with van der Waals surface area (Å²) in [5.41, 5.74) is 1.02. The van der Waals surface area contributed by atoms with E-state index in [9.17, 15) is 21.6 Å². The van der Waals surface area contributed by atoms with Gasteiger partial charge in [-0.15, -0.1) is 0 Å². The van der Waals surface area contributed by atoms with Crippen molar-refractivity contribution >= 4 is 10.0 Å². The molecule has 0 saturated heterocycles. The third-order valence-electron chi connectivity index (χ3n) is 3.44. The van der Waals surface area contributed by atoms with E-state index in [0.717, 1.165) is 11.8 Å². The van der Waals surface area contributed by atoms with Crippen LogP contribution in [-0.4, -0.2) is 18.6 Å². The summed E-state index contributed by atoms with van der Waals surface area (Å²) in [4.78, 5) is 3.32. The molecule has 6 nitrogen and oxygen atoms in total. The fourth-order valence-corrected chi connectivity index (χ4v) is 3.41. The standard InChI is InChI=1S/C16H18F3N3O3S/c1-3-5-13(22-26(23,24)10-4-2)11-6-8-12(9-7-11)14-20-15(25-21-14)16(17,18)19/h4,6-10,13,22H,3,5H2,1-2H3/b10-4+. The van der Waals surface area contributed by atoms with Crippen molar-refractivity contribution in [1.29, 1.82) is 0 Å². The van der Waals surface area contributed by atoms with Crippen LogP contribution in [0.2, 0.25) is 0 Å². The van der Waals surface area contributed by atoms with Crippen LogP contribution < -0.4 is 4.72 Å². The SMILES string of the molecule is C/C=C/S(=O)(=O)NC(CCC)c1ccc(-c2noc(C(F)(F)F)n2)cc1. The monoisotopic (exact) mass is 389 g/mol. The summed E-state index contributed by atoms with van der Waals surface area (Å²) in [6, 6.07) is 5.83. The molecule has 142 valence electrons. The fourth-order valence-electron chi connectivity index (χ4n) is 2.32. The number of nitrogens with zero attached hydrogens (tertiary/aromatic N) is 2. The van der Waals surface area contributed by atoms with E-state index in [1.165, 1.54) is 18.2 Å². The van der Waals surface area contributed by atoms with Crippen LogP contribution in [0, 0.1) is 0 Å². The van der Waals surface area contributed by atoms with Crippen molar-refractivity contribution in [1.82, 2.24) is 14.9 Å². The van der Waals surface area contributed by atoms with Crippen molar-refractivity contribution in [3.8, 4) is 11.4 Å². The number of rotatable bonds is 7. The number of aromatic nitrogens is 2. The summed E-state index contributed by atoms with van der Waals surface area (Å²) >= 11 is 0. The Hall–Kier alpha value is -2.20. The molecular weight excluding hydrogens is 371 g/mol. The lowest BCUT2D eigenvalue weighted by atomic mass is 10.0. The van der Waals surface area contributed by atoms with Gasteiger partial charge in [-0.25, -0.2) is 13.1 Å². The maximum atomic E-state index is 12.5. The van der Waals surface area contributed by atoms with Gasteiger partial charge in [0.1, 0.15) is 0 Å². The zero-order valence-electron chi connectivity index (χ0n) is 14.1. The fraction of sp³-hybridized carbons (Fsp3) is 0.375. The van der Waals surface area contributed by atoms with Crippen molar-refractivity contribution in [2.75, 3.05) is 0 Å². The Morgan fingerprint density at radius 1 is 1.27 bits per heavy atom. The largest absolute Gasteiger partial charge is 0.471 e. The number of alkyl halides is 3. The maximum Gasteiger partial charge on any atom is 0.471 e. The topological polar surface area (TPSA) is 85.1 Å². The van der Waals surface area contributed by atoms with Crippen molar-refractivity contribution in [2.24, 2.45) is 0 Å². The van der Waals surface area contributed by atoms with E-state index >= 15 is 0 Å². The molecule has 1 atom stereocenters. The Bertz CT molecular complexity index is 859. The first kappa shape index (κ1) is 20.1. The van der Waals surface area contributed by atoms with Crippen LogP contribution in [0.25, 0.3) is 11.4 Å². The summed E-state index contributed by atoms with van der Waals surface area (Å²) in [5, 5.41) is 4.39. The van der Waals surface area contributed by atoms with Gasteiger partial charge >= 0.3 is 12.1 Å². The first-order chi connectivity index (χ1) is 12.2. The maximum absolute atomic E-state index is 12.5. The quantitative estimate of drug-likeness (QED) is 0.772. The molecule has 0 radical (unpaired) electrons. The molecule has 0 fully saturated rings. The Morgan fingerprint density at radius 3 is 2.42 bits per heavy atom. The lowest BCUT2D eigenvalue weighted by molar-refractivity contribution is -0.159. The third-order valence-corrected chi connectivity index (χ3v) is 4.68. The molecule has 2 rings (SSSR count). The summed E-state index contributed by atoms with van der Waals surface area (Å²) in [5.74, 6) is -1.61. The van der Waals surface area contributed by atoms with Gasteiger partial charge in [0.15, 0.2) is 0 Å².